The van der Waals surface area contributed by atoms with Crippen molar-refractivity contribution in [1.29, 1.82) is 0 Å². The smallest absolute Gasteiger partial charge is 0.193 e. The Bertz CT molecular complexity index is 668. The van der Waals surface area contributed by atoms with Gasteiger partial charge < -0.3 is 20.1 Å². The van der Waals surface area contributed by atoms with E-state index in [0.717, 1.165) is 31.0 Å². The molecule has 2 unspecified atom stereocenters. The van der Waals surface area contributed by atoms with Gasteiger partial charge in [0.25, 0.3) is 0 Å². The number of hydrogen-bond acceptors (Lipinski definition) is 4. The van der Waals surface area contributed by atoms with Crippen molar-refractivity contribution in [3.05, 3.63) is 58.3 Å². The molecule has 5 nitrogen and oxygen atoms in total. The molecule has 0 fully saturated rings. The van der Waals surface area contributed by atoms with Gasteiger partial charge in [-0.25, -0.2) is 0 Å². The molecule has 0 radical (unpaired) electrons. The van der Waals surface area contributed by atoms with Crippen LogP contribution in [0.5, 0.6) is 0 Å². The zero-order valence-corrected chi connectivity index (χ0v) is 20.0. The van der Waals surface area contributed by atoms with Crippen LogP contribution in [-0.4, -0.2) is 55.4 Å². The van der Waals surface area contributed by atoms with Gasteiger partial charge in [-0.2, -0.15) is 0 Å². The predicted molar refractivity (Wildman–Crippen MR) is 129 cm³/mol. The lowest BCUT2D eigenvalue weighted by Gasteiger charge is -2.22. The number of aliphatic imine (C=N–C) groups is 1. The van der Waals surface area contributed by atoms with Crippen molar-refractivity contribution in [2.45, 2.75) is 32.5 Å². The summed E-state index contributed by atoms with van der Waals surface area (Å²) in [5, 5.41) is 15.6. The van der Waals surface area contributed by atoms with Crippen molar-refractivity contribution in [3.8, 4) is 0 Å². The second-order valence-corrected chi connectivity index (χ2v) is 7.52. The maximum atomic E-state index is 10.2. The summed E-state index contributed by atoms with van der Waals surface area (Å²) in [6.45, 7) is 6.28. The second kappa shape index (κ2) is 13.9. The molecule has 2 N–H and O–H groups in total. The van der Waals surface area contributed by atoms with Crippen molar-refractivity contribution in [2.75, 3.05) is 33.3 Å². The molecular weight excluding hydrogens is 485 g/mol. The molecule has 1 heterocycles. The molecule has 2 atom stereocenters. The van der Waals surface area contributed by atoms with E-state index in [0.29, 0.717) is 6.54 Å². The molecule has 156 valence electrons. The molecule has 1 aromatic heterocycles. The minimum atomic E-state index is -0.629. The average Bonchev–Trinajstić information content (AvgIpc) is 3.21. The number of nitrogens with zero attached hydrogens (tertiary/aromatic N) is 2. The number of halogens is 1. The van der Waals surface area contributed by atoms with Crippen LogP contribution in [0.2, 0.25) is 0 Å². The van der Waals surface area contributed by atoms with Crippen molar-refractivity contribution in [3.63, 3.8) is 0 Å². The first kappa shape index (κ1) is 24.9. The van der Waals surface area contributed by atoms with Gasteiger partial charge in [-0.05, 0) is 37.3 Å². The molecule has 2 rings (SSSR count). The fraction of sp³-hybridized carbons (Fsp3) is 0.476. The Kier molecular flexibility index (Phi) is 12.4. The molecule has 7 heteroatoms. The minimum Gasteiger partial charge on any atom is -0.389 e. The van der Waals surface area contributed by atoms with Crippen molar-refractivity contribution < 1.29 is 9.84 Å². The molecule has 2 aromatic rings. The molecule has 28 heavy (non-hydrogen) atoms. The van der Waals surface area contributed by atoms with E-state index in [2.05, 4.69) is 32.7 Å². The Balaban J connectivity index is 0.00000392. The molecule has 0 saturated carbocycles. The summed E-state index contributed by atoms with van der Waals surface area (Å²) in [4.78, 5) is 8.03. The lowest BCUT2D eigenvalue weighted by atomic mass is 10.1. The number of rotatable bonds is 10. The fourth-order valence-corrected chi connectivity index (χ4v) is 3.33. The Morgan fingerprint density at radius 1 is 1.25 bits per heavy atom. The monoisotopic (exact) mass is 517 g/mol. The van der Waals surface area contributed by atoms with Crippen molar-refractivity contribution in [1.82, 2.24) is 10.2 Å². The van der Waals surface area contributed by atoms with E-state index in [-0.39, 0.29) is 36.7 Å². The molecule has 0 amide bonds. The first-order chi connectivity index (χ1) is 13.1. The van der Waals surface area contributed by atoms with Crippen LogP contribution in [0.15, 0.2) is 52.8 Å². The van der Waals surface area contributed by atoms with Gasteiger partial charge in [0.15, 0.2) is 5.96 Å². The largest absolute Gasteiger partial charge is 0.389 e. The normalized spacial score (nSPS) is 13.5. The van der Waals surface area contributed by atoms with Crippen LogP contribution < -0.4 is 5.32 Å². The van der Waals surface area contributed by atoms with Crippen LogP contribution in [0.25, 0.3) is 0 Å². The first-order valence-corrected chi connectivity index (χ1v) is 10.3. The van der Waals surface area contributed by atoms with Crippen molar-refractivity contribution in [2.24, 2.45) is 4.99 Å². The van der Waals surface area contributed by atoms with Crippen LogP contribution in [0.4, 0.5) is 0 Å². The predicted octanol–water partition coefficient (Wildman–Crippen LogP) is 3.94. The summed E-state index contributed by atoms with van der Waals surface area (Å²) in [7, 11) is 2.02. The SMILES string of the molecule is CCNC(=NCC(O)COC(C)c1ccccc1)N(C)CCc1cccs1.I. The Hall–Kier alpha value is -1.16. The van der Waals surface area contributed by atoms with Crippen LogP contribution in [0.1, 0.15) is 30.4 Å². The van der Waals surface area contributed by atoms with E-state index >= 15 is 0 Å². The van der Waals surface area contributed by atoms with Crippen LogP contribution in [-0.2, 0) is 11.2 Å². The first-order valence-electron chi connectivity index (χ1n) is 9.46. The topological polar surface area (TPSA) is 57.1 Å². The number of thiophene rings is 1. The Labute approximate surface area is 189 Å². The highest BCUT2D eigenvalue weighted by atomic mass is 127. The maximum absolute atomic E-state index is 10.2. The summed E-state index contributed by atoms with van der Waals surface area (Å²) in [5.74, 6) is 0.809. The quantitative estimate of drug-likeness (QED) is 0.285. The average molecular weight is 517 g/mol. The summed E-state index contributed by atoms with van der Waals surface area (Å²) in [6, 6.07) is 14.2. The number of benzene rings is 1. The van der Waals surface area contributed by atoms with Crippen LogP contribution >= 0.6 is 35.3 Å². The zero-order valence-electron chi connectivity index (χ0n) is 16.9. The molecule has 0 saturated heterocycles. The highest BCUT2D eigenvalue weighted by Crippen LogP contribution is 2.16. The van der Waals surface area contributed by atoms with E-state index in [4.69, 9.17) is 4.74 Å². The third-order valence-electron chi connectivity index (χ3n) is 4.23. The van der Waals surface area contributed by atoms with E-state index in [1.54, 1.807) is 11.3 Å². The van der Waals surface area contributed by atoms with Gasteiger partial charge in [0.1, 0.15) is 0 Å². The van der Waals surface area contributed by atoms with Gasteiger partial charge in [0.05, 0.1) is 25.4 Å². The molecule has 1 aromatic carbocycles. The lowest BCUT2D eigenvalue weighted by molar-refractivity contribution is 0.00106. The van der Waals surface area contributed by atoms with E-state index in [9.17, 15) is 5.11 Å². The Morgan fingerprint density at radius 3 is 2.64 bits per heavy atom. The third kappa shape index (κ3) is 8.89. The number of aliphatic hydroxyl groups excluding tert-OH is 1. The van der Waals surface area contributed by atoms with Gasteiger partial charge in [-0.1, -0.05) is 36.4 Å². The standard InChI is InChI=1S/C21H31N3O2S.HI/c1-4-22-21(24(3)13-12-20-11-8-14-27-20)23-15-19(25)16-26-17(2)18-9-6-5-7-10-18;/h5-11,14,17,19,25H,4,12-13,15-16H2,1-3H3,(H,22,23);1H. The second-order valence-electron chi connectivity index (χ2n) is 6.49. The number of hydrogen-bond donors (Lipinski definition) is 2. The molecule has 0 bridgehead atoms. The summed E-state index contributed by atoms with van der Waals surface area (Å²) >= 11 is 1.77. The van der Waals surface area contributed by atoms with Gasteiger partial charge in [0.2, 0.25) is 0 Å². The van der Waals surface area contributed by atoms with Gasteiger partial charge in [-0.3, -0.25) is 4.99 Å². The minimum absolute atomic E-state index is 0. The molecular formula is C21H32IN3O2S. The summed E-state index contributed by atoms with van der Waals surface area (Å²) in [5.41, 5.74) is 1.11. The molecule has 0 spiro atoms. The third-order valence-corrected chi connectivity index (χ3v) is 5.17. The van der Waals surface area contributed by atoms with E-state index < -0.39 is 6.10 Å². The summed E-state index contributed by atoms with van der Waals surface area (Å²) in [6.07, 6.45) is 0.306. The number of guanidine groups is 1. The van der Waals surface area contributed by atoms with E-state index in [1.165, 1.54) is 4.88 Å². The Morgan fingerprint density at radius 2 is 2.00 bits per heavy atom. The van der Waals surface area contributed by atoms with Crippen molar-refractivity contribution >= 4 is 41.3 Å². The van der Waals surface area contributed by atoms with Crippen LogP contribution in [0.3, 0.4) is 0 Å². The zero-order chi connectivity index (χ0) is 19.5. The maximum Gasteiger partial charge on any atom is 0.193 e. The van der Waals surface area contributed by atoms with E-state index in [1.807, 2.05) is 51.2 Å². The summed E-state index contributed by atoms with van der Waals surface area (Å²) < 4.78 is 5.79. The number of aliphatic hydroxyl groups is 1. The number of nitrogens with one attached hydrogen (secondary N) is 1. The molecule has 0 aliphatic carbocycles. The number of ether oxygens (including phenoxy) is 1. The highest BCUT2D eigenvalue weighted by molar-refractivity contribution is 14.0. The highest BCUT2D eigenvalue weighted by Gasteiger charge is 2.11. The lowest BCUT2D eigenvalue weighted by Crippen LogP contribution is -2.40. The van der Waals surface area contributed by atoms with Gasteiger partial charge >= 0.3 is 0 Å². The van der Waals surface area contributed by atoms with Gasteiger partial charge in [0, 0.05) is 25.0 Å². The number of likely N-dealkylation sites (N-methyl/N-ethyl adjacent to an activating group) is 1. The van der Waals surface area contributed by atoms with Crippen LogP contribution in [0, 0.1) is 0 Å². The molecule has 0 aliphatic rings. The van der Waals surface area contributed by atoms with Gasteiger partial charge in [-0.15, -0.1) is 35.3 Å². The fourth-order valence-electron chi connectivity index (χ4n) is 2.63. The molecule has 0 aliphatic heterocycles.